The Kier molecular flexibility index (Phi) is 7.85. The largest absolute Gasteiger partial charge is 0.319 e. The van der Waals surface area contributed by atoms with Crippen LogP contribution in [0.25, 0.3) is 0 Å². The molecule has 2 nitrogen and oxygen atoms in total. The van der Waals surface area contributed by atoms with E-state index in [1.54, 1.807) is 0 Å². The molecule has 1 aliphatic carbocycles. The highest BCUT2D eigenvalue weighted by atomic mass is 14.7. The maximum atomic E-state index is 4.62. The molecule has 1 fully saturated rings. The zero-order valence-electron chi connectivity index (χ0n) is 6.10. The van der Waals surface area contributed by atoms with E-state index in [4.69, 9.17) is 0 Å². The predicted molar refractivity (Wildman–Crippen MR) is 40.9 cm³/mol. The van der Waals surface area contributed by atoms with E-state index in [1.807, 2.05) is 0 Å². The molecule has 0 heterocycles. The molecule has 1 aliphatic rings. The highest BCUT2D eigenvalue weighted by Crippen LogP contribution is 2.15. The minimum atomic E-state index is 0.250. The number of rotatable bonds is 0. The van der Waals surface area contributed by atoms with Gasteiger partial charge in [-0.05, 0) is 0 Å². The van der Waals surface area contributed by atoms with Gasteiger partial charge in [0.05, 0.1) is 0 Å². The van der Waals surface area contributed by atoms with E-state index in [-0.39, 0.29) is 6.67 Å². The molecule has 1 rings (SSSR count). The molecule has 0 unspecified atom stereocenters. The van der Waals surface area contributed by atoms with Gasteiger partial charge in [-0.25, -0.2) is 0 Å². The van der Waals surface area contributed by atoms with Gasteiger partial charge < -0.3 is 11.5 Å². The molecule has 0 aromatic carbocycles. The Balaban J connectivity index is 0.000000187. The Morgan fingerprint density at radius 2 is 0.778 bits per heavy atom. The van der Waals surface area contributed by atoms with Crippen molar-refractivity contribution in [2.45, 2.75) is 38.5 Å². The molecule has 1 saturated carbocycles. The van der Waals surface area contributed by atoms with Crippen LogP contribution in [0, 0.1) is 0 Å². The Morgan fingerprint density at radius 1 is 0.667 bits per heavy atom. The minimum absolute atomic E-state index is 0.250. The predicted octanol–water partition coefficient (Wildman–Crippen LogP) is 1.20. The lowest BCUT2D eigenvalue weighted by Gasteiger charge is -2.05. The average molecular weight is 130 g/mol. The maximum absolute atomic E-state index is 4.62. The first-order chi connectivity index (χ1) is 4.41. The van der Waals surface area contributed by atoms with Gasteiger partial charge in [0.2, 0.25) is 0 Å². The molecule has 9 heavy (non-hydrogen) atoms. The van der Waals surface area contributed by atoms with Crippen molar-refractivity contribution in [1.82, 2.24) is 0 Å². The first-order valence-corrected chi connectivity index (χ1v) is 3.82. The van der Waals surface area contributed by atoms with Gasteiger partial charge in [-0.1, -0.05) is 38.5 Å². The van der Waals surface area contributed by atoms with Crippen LogP contribution in [0.2, 0.25) is 0 Å². The minimum Gasteiger partial charge on any atom is -0.319 e. The van der Waals surface area contributed by atoms with E-state index in [1.165, 1.54) is 38.5 Å². The summed E-state index contributed by atoms with van der Waals surface area (Å²) in [5, 5.41) is 0. The summed E-state index contributed by atoms with van der Waals surface area (Å²) in [6.45, 7) is 0.250. The molecule has 2 heteroatoms. The van der Waals surface area contributed by atoms with Crippen molar-refractivity contribution < 1.29 is 0 Å². The van der Waals surface area contributed by atoms with Crippen molar-refractivity contribution >= 4 is 0 Å². The first-order valence-electron chi connectivity index (χ1n) is 3.82. The molecule has 0 amide bonds. The molecule has 0 atom stereocenters. The number of nitrogens with two attached hydrogens (primary N) is 2. The second kappa shape index (κ2) is 7.92. The molecule has 0 aliphatic heterocycles. The summed E-state index contributed by atoms with van der Waals surface area (Å²) in [5.41, 5.74) is 9.25. The molecule has 0 saturated heterocycles. The summed E-state index contributed by atoms with van der Waals surface area (Å²) in [6.07, 6.45) is 9.00. The lowest BCUT2D eigenvalue weighted by atomic mass is 10.0. The van der Waals surface area contributed by atoms with Gasteiger partial charge in [-0.2, -0.15) is 0 Å². The Bertz CT molecular complexity index is 30.7. The maximum Gasteiger partial charge on any atom is 0.0403 e. The van der Waals surface area contributed by atoms with Crippen LogP contribution in [0.15, 0.2) is 0 Å². The fourth-order valence-corrected chi connectivity index (χ4v) is 1.06. The van der Waals surface area contributed by atoms with Crippen molar-refractivity contribution in [2.75, 3.05) is 6.67 Å². The van der Waals surface area contributed by atoms with Gasteiger partial charge in [0.1, 0.15) is 0 Å². The summed E-state index contributed by atoms with van der Waals surface area (Å²) in [7, 11) is 0. The van der Waals surface area contributed by atoms with Crippen molar-refractivity contribution in [3.05, 3.63) is 0 Å². The summed E-state index contributed by atoms with van der Waals surface area (Å²) < 4.78 is 0. The van der Waals surface area contributed by atoms with Gasteiger partial charge in [-0.3, -0.25) is 0 Å². The number of hydrogen-bond acceptors (Lipinski definition) is 2. The quantitative estimate of drug-likeness (QED) is 0.484. The van der Waals surface area contributed by atoms with Crippen LogP contribution in [0.3, 0.4) is 0 Å². The molecular weight excluding hydrogens is 112 g/mol. The normalized spacial score (nSPS) is 18.0. The molecule has 0 radical (unpaired) electrons. The monoisotopic (exact) mass is 130 g/mol. The Morgan fingerprint density at radius 3 is 0.889 bits per heavy atom. The van der Waals surface area contributed by atoms with Crippen LogP contribution in [0.1, 0.15) is 38.5 Å². The second-order valence-corrected chi connectivity index (χ2v) is 2.36. The van der Waals surface area contributed by atoms with Crippen molar-refractivity contribution in [2.24, 2.45) is 11.5 Å². The van der Waals surface area contributed by atoms with Crippen molar-refractivity contribution in [1.29, 1.82) is 0 Å². The molecule has 4 N–H and O–H groups in total. The van der Waals surface area contributed by atoms with E-state index in [0.717, 1.165) is 0 Å². The third-order valence-electron chi connectivity index (χ3n) is 1.50. The van der Waals surface area contributed by atoms with Gasteiger partial charge >= 0.3 is 0 Å². The number of hydrogen-bond donors (Lipinski definition) is 2. The molecule has 0 aromatic rings. The Hall–Kier alpha value is -0.0800. The van der Waals surface area contributed by atoms with E-state index in [2.05, 4.69) is 11.5 Å². The lowest BCUT2D eigenvalue weighted by molar-refractivity contribution is 0.504. The van der Waals surface area contributed by atoms with Crippen LogP contribution in [-0.4, -0.2) is 6.67 Å². The van der Waals surface area contributed by atoms with Crippen LogP contribution in [0.5, 0.6) is 0 Å². The lowest BCUT2D eigenvalue weighted by Crippen LogP contribution is -2.08. The second-order valence-electron chi connectivity index (χ2n) is 2.36. The van der Waals surface area contributed by atoms with Crippen molar-refractivity contribution in [3.63, 3.8) is 0 Å². The smallest absolute Gasteiger partial charge is 0.0403 e. The standard InChI is InChI=1S/C6H12.CH6N2/c1-2-4-6-5-3-1;2-1-3/h1-6H2;1-3H2. The van der Waals surface area contributed by atoms with Gasteiger partial charge in [-0.15, -0.1) is 0 Å². The van der Waals surface area contributed by atoms with Gasteiger partial charge in [0, 0.05) is 6.67 Å². The highest BCUT2D eigenvalue weighted by Gasteiger charge is 1.95. The molecule has 56 valence electrons. The summed E-state index contributed by atoms with van der Waals surface area (Å²) >= 11 is 0. The molecular formula is C7H18N2. The third-order valence-corrected chi connectivity index (χ3v) is 1.50. The van der Waals surface area contributed by atoms with Crippen LogP contribution in [-0.2, 0) is 0 Å². The zero-order chi connectivity index (χ0) is 6.95. The van der Waals surface area contributed by atoms with E-state index in [0.29, 0.717) is 0 Å². The van der Waals surface area contributed by atoms with Gasteiger partial charge in [0.15, 0.2) is 0 Å². The molecule has 0 aromatic heterocycles. The Labute approximate surface area is 57.6 Å². The van der Waals surface area contributed by atoms with E-state index < -0.39 is 0 Å². The van der Waals surface area contributed by atoms with Crippen LogP contribution in [0.4, 0.5) is 0 Å². The van der Waals surface area contributed by atoms with Crippen molar-refractivity contribution in [3.8, 4) is 0 Å². The SMILES string of the molecule is C1CCCCC1.NCN. The highest BCUT2D eigenvalue weighted by molar-refractivity contribution is 4.51. The summed E-state index contributed by atoms with van der Waals surface area (Å²) in [4.78, 5) is 0. The fraction of sp³-hybridized carbons (Fsp3) is 1.00. The summed E-state index contributed by atoms with van der Waals surface area (Å²) in [6, 6.07) is 0. The topological polar surface area (TPSA) is 52.0 Å². The fourth-order valence-electron chi connectivity index (χ4n) is 1.06. The van der Waals surface area contributed by atoms with Crippen LogP contribution >= 0.6 is 0 Å². The average Bonchev–Trinajstić information content (AvgIpc) is 1.93. The van der Waals surface area contributed by atoms with Gasteiger partial charge in [0.25, 0.3) is 0 Å². The van der Waals surface area contributed by atoms with E-state index in [9.17, 15) is 0 Å². The summed E-state index contributed by atoms with van der Waals surface area (Å²) in [5.74, 6) is 0. The zero-order valence-corrected chi connectivity index (χ0v) is 6.10. The van der Waals surface area contributed by atoms with E-state index >= 15 is 0 Å². The molecule has 0 bridgehead atoms. The third kappa shape index (κ3) is 7.92. The first kappa shape index (κ1) is 8.92. The van der Waals surface area contributed by atoms with Crippen LogP contribution < -0.4 is 11.5 Å². The molecule has 0 spiro atoms.